The fraction of sp³-hybridized carbons (Fsp3) is 0.857. The van der Waals surface area contributed by atoms with Crippen LogP contribution in [0.2, 0.25) is 0 Å². The second kappa shape index (κ2) is 11.0. The number of esters is 2. The van der Waals surface area contributed by atoms with Crippen LogP contribution in [0.4, 0.5) is 0 Å². The van der Waals surface area contributed by atoms with Gasteiger partial charge in [-0.3, -0.25) is 19.7 Å². The summed E-state index contributed by atoms with van der Waals surface area (Å²) in [6, 6.07) is 0. The molecule has 0 bridgehead atoms. The van der Waals surface area contributed by atoms with Crippen molar-refractivity contribution in [1.29, 1.82) is 0 Å². The Bertz CT molecular complexity index is 326. The molecule has 0 aliphatic heterocycles. The third-order valence-corrected chi connectivity index (χ3v) is 3.11. The van der Waals surface area contributed by atoms with Gasteiger partial charge in [-0.2, -0.15) is 0 Å². The fourth-order valence-corrected chi connectivity index (χ4v) is 2.16. The van der Waals surface area contributed by atoms with Crippen LogP contribution in [0, 0.1) is 22.0 Å². The number of hydrogen-bond donors (Lipinski definition) is 0. The van der Waals surface area contributed by atoms with E-state index in [1.54, 1.807) is 13.8 Å². The minimum Gasteiger partial charge on any atom is -0.465 e. The molecule has 0 radical (unpaired) electrons. The monoisotopic (exact) mass is 303 g/mol. The Hall–Kier alpha value is -1.66. The first-order valence-corrected chi connectivity index (χ1v) is 7.42. The molecule has 0 spiro atoms. The number of hydrogen-bond acceptors (Lipinski definition) is 6. The lowest BCUT2D eigenvalue weighted by Crippen LogP contribution is -2.37. The second-order valence-electron chi connectivity index (χ2n) is 4.75. The second-order valence-corrected chi connectivity index (χ2v) is 4.75. The molecule has 7 heteroatoms. The molecule has 0 aromatic carbocycles. The van der Waals surface area contributed by atoms with Crippen molar-refractivity contribution in [1.82, 2.24) is 0 Å². The maximum absolute atomic E-state index is 12.0. The molecule has 0 aliphatic carbocycles. The third kappa shape index (κ3) is 7.63. The average molecular weight is 303 g/mol. The quantitative estimate of drug-likeness (QED) is 0.191. The van der Waals surface area contributed by atoms with Crippen molar-refractivity contribution in [3.8, 4) is 0 Å². The summed E-state index contributed by atoms with van der Waals surface area (Å²) in [6.45, 7) is 5.06. The third-order valence-electron chi connectivity index (χ3n) is 3.11. The molecule has 122 valence electrons. The van der Waals surface area contributed by atoms with E-state index >= 15 is 0 Å². The van der Waals surface area contributed by atoms with Gasteiger partial charge < -0.3 is 9.47 Å². The number of nitro groups is 1. The lowest BCUT2D eigenvalue weighted by molar-refractivity contribution is -0.489. The van der Waals surface area contributed by atoms with Gasteiger partial charge in [-0.15, -0.1) is 0 Å². The van der Waals surface area contributed by atoms with Crippen LogP contribution in [0.15, 0.2) is 0 Å². The van der Waals surface area contributed by atoms with Crippen molar-refractivity contribution in [2.45, 2.75) is 46.5 Å². The van der Waals surface area contributed by atoms with Crippen molar-refractivity contribution >= 4 is 11.9 Å². The van der Waals surface area contributed by atoms with Crippen molar-refractivity contribution < 1.29 is 24.0 Å². The molecular weight excluding hydrogens is 278 g/mol. The van der Waals surface area contributed by atoms with Crippen LogP contribution in [-0.4, -0.2) is 36.6 Å². The van der Waals surface area contributed by atoms with E-state index in [2.05, 4.69) is 0 Å². The van der Waals surface area contributed by atoms with Gasteiger partial charge in [-0.1, -0.05) is 26.2 Å². The molecule has 1 atom stereocenters. The van der Waals surface area contributed by atoms with E-state index in [1.165, 1.54) is 0 Å². The average Bonchev–Trinajstić information content (AvgIpc) is 2.39. The summed E-state index contributed by atoms with van der Waals surface area (Å²) < 4.78 is 9.76. The van der Waals surface area contributed by atoms with Gasteiger partial charge in [0, 0.05) is 10.8 Å². The van der Waals surface area contributed by atoms with Gasteiger partial charge in [0.05, 0.1) is 13.2 Å². The molecule has 0 aromatic heterocycles. The van der Waals surface area contributed by atoms with Gasteiger partial charge >= 0.3 is 11.9 Å². The molecule has 0 heterocycles. The summed E-state index contributed by atoms with van der Waals surface area (Å²) in [5.74, 6) is -3.38. The van der Waals surface area contributed by atoms with Crippen molar-refractivity contribution in [2.75, 3.05) is 19.8 Å². The summed E-state index contributed by atoms with van der Waals surface area (Å²) in [6.07, 6.45) is 3.00. The molecule has 7 nitrogen and oxygen atoms in total. The molecule has 0 N–H and O–H groups in total. The Morgan fingerprint density at radius 2 is 1.57 bits per heavy atom. The largest absolute Gasteiger partial charge is 0.465 e. The minimum atomic E-state index is -1.22. The van der Waals surface area contributed by atoms with Crippen LogP contribution in [0.25, 0.3) is 0 Å². The number of ether oxygens (including phenoxy) is 2. The van der Waals surface area contributed by atoms with E-state index in [9.17, 15) is 19.7 Å². The molecule has 0 aromatic rings. The van der Waals surface area contributed by atoms with Crippen LogP contribution in [-0.2, 0) is 19.1 Å². The highest BCUT2D eigenvalue weighted by molar-refractivity contribution is 5.95. The van der Waals surface area contributed by atoms with Gasteiger partial charge in [0.25, 0.3) is 0 Å². The van der Waals surface area contributed by atoms with E-state index in [1.807, 2.05) is 6.92 Å². The van der Waals surface area contributed by atoms with Crippen LogP contribution in [0.1, 0.15) is 46.5 Å². The van der Waals surface area contributed by atoms with E-state index in [-0.39, 0.29) is 13.2 Å². The van der Waals surface area contributed by atoms with Crippen LogP contribution in [0.5, 0.6) is 0 Å². The number of nitrogens with zero attached hydrogens (tertiary/aromatic N) is 1. The van der Waals surface area contributed by atoms with Crippen LogP contribution >= 0.6 is 0 Å². The van der Waals surface area contributed by atoms with Gasteiger partial charge in [0.1, 0.15) is 0 Å². The fourth-order valence-electron chi connectivity index (χ4n) is 2.16. The normalized spacial score (nSPS) is 12.0. The first-order chi connectivity index (χ1) is 9.97. The van der Waals surface area contributed by atoms with E-state index < -0.39 is 35.2 Å². The van der Waals surface area contributed by atoms with Gasteiger partial charge in [0.15, 0.2) is 5.92 Å². The van der Waals surface area contributed by atoms with Crippen LogP contribution in [0.3, 0.4) is 0 Å². The zero-order valence-corrected chi connectivity index (χ0v) is 13.0. The Labute approximate surface area is 125 Å². The van der Waals surface area contributed by atoms with Gasteiger partial charge in [-0.05, 0) is 20.3 Å². The van der Waals surface area contributed by atoms with E-state index in [0.717, 1.165) is 19.3 Å². The topological polar surface area (TPSA) is 95.7 Å². The number of rotatable bonds is 11. The first kappa shape index (κ1) is 19.3. The SMILES string of the molecule is CCCCC[C@H](C[N+](=O)[O-])C(C(=O)OCC)C(=O)OCC. The van der Waals surface area contributed by atoms with Gasteiger partial charge in [-0.25, -0.2) is 0 Å². The molecular formula is C14H25NO6. The highest BCUT2D eigenvalue weighted by Gasteiger charge is 2.39. The number of carbonyl (C=O) groups excluding carboxylic acids is 2. The van der Waals surface area contributed by atoms with Gasteiger partial charge in [0.2, 0.25) is 6.54 Å². The predicted molar refractivity (Wildman–Crippen MR) is 76.2 cm³/mol. The van der Waals surface area contributed by atoms with Crippen molar-refractivity contribution in [3.63, 3.8) is 0 Å². The first-order valence-electron chi connectivity index (χ1n) is 7.42. The summed E-state index contributed by atoms with van der Waals surface area (Å²) in [5.41, 5.74) is 0. The molecule has 0 saturated carbocycles. The molecule has 21 heavy (non-hydrogen) atoms. The van der Waals surface area contributed by atoms with Crippen molar-refractivity contribution in [3.05, 3.63) is 10.1 Å². The summed E-state index contributed by atoms with van der Waals surface area (Å²) >= 11 is 0. The van der Waals surface area contributed by atoms with Crippen LogP contribution < -0.4 is 0 Å². The molecule has 0 unspecified atom stereocenters. The minimum absolute atomic E-state index is 0.120. The Morgan fingerprint density at radius 1 is 1.05 bits per heavy atom. The zero-order valence-electron chi connectivity index (χ0n) is 13.0. The molecule has 0 saturated heterocycles. The summed E-state index contributed by atoms with van der Waals surface area (Å²) in [4.78, 5) is 34.3. The molecule has 0 fully saturated rings. The predicted octanol–water partition coefficient (Wildman–Crippen LogP) is 2.20. The van der Waals surface area contributed by atoms with E-state index in [4.69, 9.17) is 9.47 Å². The Kier molecular flexibility index (Phi) is 10.2. The Morgan fingerprint density at radius 3 is 1.95 bits per heavy atom. The highest BCUT2D eigenvalue weighted by atomic mass is 16.6. The molecule has 0 amide bonds. The maximum Gasteiger partial charge on any atom is 0.320 e. The molecule has 0 rings (SSSR count). The lowest BCUT2D eigenvalue weighted by atomic mass is 9.87. The smallest absolute Gasteiger partial charge is 0.320 e. The summed E-state index contributed by atoms with van der Waals surface area (Å²) in [5, 5.41) is 10.8. The standard InChI is InChI=1S/C14H25NO6/c1-4-7-8-9-11(10-15(18)19)12(13(16)20-5-2)14(17)21-6-3/h11-12H,4-10H2,1-3H3/t11-/m1/s1. The maximum atomic E-state index is 12.0. The van der Waals surface area contributed by atoms with Crippen molar-refractivity contribution in [2.24, 2.45) is 11.8 Å². The number of carbonyl (C=O) groups is 2. The lowest BCUT2D eigenvalue weighted by Gasteiger charge is -2.21. The molecule has 0 aliphatic rings. The van der Waals surface area contributed by atoms with E-state index in [0.29, 0.717) is 6.42 Å². The summed E-state index contributed by atoms with van der Waals surface area (Å²) in [7, 11) is 0. The Balaban J connectivity index is 5.07. The highest BCUT2D eigenvalue weighted by Crippen LogP contribution is 2.23. The zero-order chi connectivity index (χ0) is 16.3. The number of unbranched alkanes of at least 4 members (excludes halogenated alkanes) is 2.